The summed E-state index contributed by atoms with van der Waals surface area (Å²) in [5.41, 5.74) is 11.5. The second-order valence-electron chi connectivity index (χ2n) is 3.81. The van der Waals surface area contributed by atoms with Gasteiger partial charge >= 0.3 is 0 Å². The van der Waals surface area contributed by atoms with Crippen molar-refractivity contribution in [1.82, 2.24) is 9.88 Å². The number of anilines is 1. The summed E-state index contributed by atoms with van der Waals surface area (Å²) in [5, 5.41) is 2.42. The Labute approximate surface area is 93.6 Å². The Hall–Kier alpha value is -1.98. The van der Waals surface area contributed by atoms with Crippen LogP contribution < -0.4 is 16.8 Å². The van der Waals surface area contributed by atoms with Crippen LogP contribution in [0.25, 0.3) is 0 Å². The average molecular weight is 224 g/mol. The van der Waals surface area contributed by atoms with Gasteiger partial charge in [0.25, 0.3) is 5.91 Å². The monoisotopic (exact) mass is 224 g/mol. The maximum absolute atomic E-state index is 11.7. The Morgan fingerprint density at radius 1 is 1.50 bits per heavy atom. The zero-order chi connectivity index (χ0) is 12.3. The molecule has 0 fully saturated rings. The molecule has 2 amide bonds. The summed E-state index contributed by atoms with van der Waals surface area (Å²) in [7, 11) is 0. The molecule has 1 aromatic rings. The molecule has 0 bridgehead atoms. The summed E-state index contributed by atoms with van der Waals surface area (Å²) in [5.74, 6) is -0.937. The molecule has 0 aliphatic heterocycles. The summed E-state index contributed by atoms with van der Waals surface area (Å²) < 4.78 is 1.74. The van der Waals surface area contributed by atoms with Crippen LogP contribution in [-0.4, -0.2) is 22.9 Å². The van der Waals surface area contributed by atoms with Crippen LogP contribution in [-0.2, 0) is 4.79 Å². The highest BCUT2D eigenvalue weighted by molar-refractivity contribution is 5.95. The molecule has 0 radical (unpaired) electrons. The van der Waals surface area contributed by atoms with E-state index in [1.807, 2.05) is 13.8 Å². The van der Waals surface area contributed by atoms with Crippen molar-refractivity contribution in [2.75, 3.05) is 12.3 Å². The Kier molecular flexibility index (Phi) is 3.55. The maximum atomic E-state index is 11.7. The molecule has 0 aliphatic carbocycles. The third-order valence-corrected chi connectivity index (χ3v) is 2.08. The van der Waals surface area contributed by atoms with Crippen molar-refractivity contribution in [3.05, 3.63) is 18.0 Å². The number of rotatable bonds is 4. The molecular formula is C10H16N4O2. The van der Waals surface area contributed by atoms with Gasteiger partial charge in [0, 0.05) is 12.2 Å². The average Bonchev–Trinajstić information content (AvgIpc) is 2.56. The van der Waals surface area contributed by atoms with Crippen molar-refractivity contribution in [2.24, 2.45) is 5.73 Å². The molecule has 1 rings (SSSR count). The number of hydrogen-bond acceptors (Lipinski definition) is 3. The second kappa shape index (κ2) is 4.69. The van der Waals surface area contributed by atoms with E-state index >= 15 is 0 Å². The van der Waals surface area contributed by atoms with Crippen LogP contribution in [0.1, 0.15) is 30.4 Å². The van der Waals surface area contributed by atoms with Gasteiger partial charge < -0.3 is 21.4 Å². The van der Waals surface area contributed by atoms with Gasteiger partial charge in [-0.1, -0.05) is 0 Å². The standard InChI is InChI=1S/C10H16N4O2/c1-6(2)14-5-7(11)3-8(14)10(16)13-4-9(12)15/h3,5-6H,4,11H2,1-2H3,(H2,12,15)(H,13,16). The number of amides is 2. The van der Waals surface area contributed by atoms with Gasteiger partial charge in [0.15, 0.2) is 0 Å². The van der Waals surface area contributed by atoms with Gasteiger partial charge in [-0.3, -0.25) is 9.59 Å². The first kappa shape index (κ1) is 12.1. The maximum Gasteiger partial charge on any atom is 0.268 e. The van der Waals surface area contributed by atoms with Crippen LogP contribution in [0.2, 0.25) is 0 Å². The predicted molar refractivity (Wildman–Crippen MR) is 60.8 cm³/mol. The van der Waals surface area contributed by atoms with Gasteiger partial charge in [0.1, 0.15) is 5.69 Å². The van der Waals surface area contributed by atoms with Gasteiger partial charge in [0.2, 0.25) is 5.91 Å². The van der Waals surface area contributed by atoms with Gasteiger partial charge in [-0.05, 0) is 19.9 Å². The van der Waals surface area contributed by atoms with Crippen molar-refractivity contribution < 1.29 is 9.59 Å². The summed E-state index contributed by atoms with van der Waals surface area (Å²) in [6.45, 7) is 3.69. The molecule has 0 saturated heterocycles. The Morgan fingerprint density at radius 3 is 2.62 bits per heavy atom. The lowest BCUT2D eigenvalue weighted by Gasteiger charge is -2.11. The first-order chi connectivity index (χ1) is 7.41. The van der Waals surface area contributed by atoms with Gasteiger partial charge in [-0.15, -0.1) is 0 Å². The van der Waals surface area contributed by atoms with Crippen LogP contribution in [0, 0.1) is 0 Å². The molecule has 1 aromatic heterocycles. The molecule has 88 valence electrons. The molecule has 0 atom stereocenters. The number of nitrogens with one attached hydrogen (secondary N) is 1. The third kappa shape index (κ3) is 2.75. The topological polar surface area (TPSA) is 103 Å². The number of aromatic nitrogens is 1. The molecular weight excluding hydrogens is 208 g/mol. The fraction of sp³-hybridized carbons (Fsp3) is 0.400. The lowest BCUT2D eigenvalue weighted by atomic mass is 10.3. The highest BCUT2D eigenvalue weighted by Crippen LogP contribution is 2.16. The Bertz CT molecular complexity index is 409. The van der Waals surface area contributed by atoms with Crippen molar-refractivity contribution in [1.29, 1.82) is 0 Å². The van der Waals surface area contributed by atoms with E-state index in [1.165, 1.54) is 0 Å². The van der Waals surface area contributed by atoms with Crippen LogP contribution in [0.4, 0.5) is 5.69 Å². The first-order valence-electron chi connectivity index (χ1n) is 4.95. The number of nitrogens with zero attached hydrogens (tertiary/aromatic N) is 1. The lowest BCUT2D eigenvalue weighted by Crippen LogP contribution is -2.34. The minimum atomic E-state index is -0.580. The minimum Gasteiger partial charge on any atom is -0.397 e. The molecule has 16 heavy (non-hydrogen) atoms. The summed E-state index contributed by atoms with van der Waals surface area (Å²) in [4.78, 5) is 22.2. The molecule has 6 nitrogen and oxygen atoms in total. The molecule has 0 saturated carbocycles. The predicted octanol–water partition coefficient (Wildman–Crippen LogP) is -0.134. The largest absolute Gasteiger partial charge is 0.397 e. The fourth-order valence-electron chi connectivity index (χ4n) is 1.37. The lowest BCUT2D eigenvalue weighted by molar-refractivity contribution is -0.117. The van der Waals surface area contributed by atoms with Crippen LogP contribution in [0.5, 0.6) is 0 Å². The van der Waals surface area contributed by atoms with E-state index < -0.39 is 5.91 Å². The normalized spacial score (nSPS) is 10.4. The minimum absolute atomic E-state index is 0.117. The molecule has 0 unspecified atom stereocenters. The van der Waals surface area contributed by atoms with E-state index in [0.717, 1.165) is 0 Å². The van der Waals surface area contributed by atoms with Crippen molar-refractivity contribution in [2.45, 2.75) is 19.9 Å². The van der Waals surface area contributed by atoms with E-state index in [1.54, 1.807) is 16.8 Å². The quantitative estimate of drug-likeness (QED) is 0.663. The highest BCUT2D eigenvalue weighted by Gasteiger charge is 2.14. The van der Waals surface area contributed by atoms with Crippen LogP contribution >= 0.6 is 0 Å². The summed E-state index contributed by atoms with van der Waals surface area (Å²) >= 11 is 0. The van der Waals surface area contributed by atoms with Gasteiger partial charge in [-0.2, -0.15) is 0 Å². The van der Waals surface area contributed by atoms with E-state index in [2.05, 4.69) is 5.32 Å². The van der Waals surface area contributed by atoms with Crippen molar-refractivity contribution in [3.63, 3.8) is 0 Å². The molecule has 0 spiro atoms. The zero-order valence-corrected chi connectivity index (χ0v) is 9.36. The number of nitrogens with two attached hydrogens (primary N) is 2. The molecule has 1 heterocycles. The van der Waals surface area contributed by atoms with Crippen molar-refractivity contribution >= 4 is 17.5 Å². The summed E-state index contributed by atoms with van der Waals surface area (Å²) in [6.07, 6.45) is 1.68. The van der Waals surface area contributed by atoms with Gasteiger partial charge in [0.05, 0.1) is 12.2 Å². The van der Waals surface area contributed by atoms with E-state index in [-0.39, 0.29) is 18.5 Å². The zero-order valence-electron chi connectivity index (χ0n) is 9.36. The molecule has 5 N–H and O–H groups in total. The Balaban J connectivity index is 2.86. The fourth-order valence-corrected chi connectivity index (χ4v) is 1.37. The number of nitrogen functional groups attached to an aromatic ring is 1. The number of carbonyl (C=O) groups excluding carboxylic acids is 2. The molecule has 0 aliphatic rings. The number of carbonyl (C=O) groups is 2. The van der Waals surface area contributed by atoms with Gasteiger partial charge in [-0.25, -0.2) is 0 Å². The first-order valence-corrected chi connectivity index (χ1v) is 4.95. The van der Waals surface area contributed by atoms with Crippen LogP contribution in [0.15, 0.2) is 12.3 Å². The number of primary amides is 1. The van der Waals surface area contributed by atoms with E-state index in [9.17, 15) is 9.59 Å². The molecule has 0 aromatic carbocycles. The van der Waals surface area contributed by atoms with E-state index in [0.29, 0.717) is 11.4 Å². The second-order valence-corrected chi connectivity index (χ2v) is 3.81. The van der Waals surface area contributed by atoms with Crippen molar-refractivity contribution in [3.8, 4) is 0 Å². The number of hydrogen-bond donors (Lipinski definition) is 3. The smallest absolute Gasteiger partial charge is 0.268 e. The van der Waals surface area contributed by atoms with E-state index in [4.69, 9.17) is 11.5 Å². The van der Waals surface area contributed by atoms with Crippen LogP contribution in [0.3, 0.4) is 0 Å². The molecule has 6 heteroatoms. The highest BCUT2D eigenvalue weighted by atomic mass is 16.2. The Morgan fingerprint density at radius 2 is 2.12 bits per heavy atom. The summed E-state index contributed by atoms with van der Waals surface area (Å²) in [6, 6.07) is 1.68. The third-order valence-electron chi connectivity index (χ3n) is 2.08. The SMILES string of the molecule is CC(C)n1cc(N)cc1C(=O)NCC(N)=O.